The van der Waals surface area contributed by atoms with Crippen molar-refractivity contribution in [3.63, 3.8) is 0 Å². The highest BCUT2D eigenvalue weighted by molar-refractivity contribution is 5.86. The van der Waals surface area contributed by atoms with Gasteiger partial charge >= 0.3 is 11.9 Å². The van der Waals surface area contributed by atoms with Crippen LogP contribution in [0.2, 0.25) is 0 Å². The fourth-order valence-corrected chi connectivity index (χ4v) is 9.17. The van der Waals surface area contributed by atoms with Crippen molar-refractivity contribution in [3.05, 3.63) is 167 Å². The fraction of sp³-hybridized carbons (Fsp3) is 0.244. The average Bonchev–Trinajstić information content (AvgIpc) is 3.58. The van der Waals surface area contributed by atoms with Crippen LogP contribution in [0.1, 0.15) is 73.6 Å². The molecular formula is C45H40O4. The van der Waals surface area contributed by atoms with Crippen molar-refractivity contribution in [1.82, 2.24) is 0 Å². The molecule has 0 N–H and O–H groups in total. The molecule has 4 heteroatoms. The molecule has 49 heavy (non-hydrogen) atoms. The number of allylic oxidation sites excluding steroid dienone is 8. The predicted octanol–water partition coefficient (Wildman–Crippen LogP) is 10.1. The molecule has 0 saturated carbocycles. The van der Waals surface area contributed by atoms with E-state index in [4.69, 9.17) is 9.47 Å². The number of hydrogen-bond acceptors (Lipinski definition) is 4. The van der Waals surface area contributed by atoms with Crippen LogP contribution in [-0.4, -0.2) is 11.9 Å². The summed E-state index contributed by atoms with van der Waals surface area (Å²) in [6.45, 7) is 0. The molecule has 0 spiro atoms. The van der Waals surface area contributed by atoms with Crippen LogP contribution in [0.25, 0.3) is 11.1 Å². The molecule has 0 saturated heterocycles. The van der Waals surface area contributed by atoms with Gasteiger partial charge in [0.1, 0.15) is 11.5 Å². The molecule has 0 radical (unpaired) electrons. The third-order valence-corrected chi connectivity index (χ3v) is 11.2. The van der Waals surface area contributed by atoms with Gasteiger partial charge in [-0.15, -0.1) is 0 Å². The van der Waals surface area contributed by atoms with E-state index in [1.165, 1.54) is 39.0 Å². The second-order valence-electron chi connectivity index (χ2n) is 13.8. The van der Waals surface area contributed by atoms with Crippen LogP contribution in [0.5, 0.6) is 11.5 Å². The molecule has 0 aliphatic heterocycles. The number of benzene rings is 4. The molecule has 3 unspecified atom stereocenters. The number of fused-ring (bicyclic) bond motifs is 5. The Labute approximate surface area is 288 Å². The number of esters is 2. The number of carbonyl (C=O) groups excluding carboxylic acids is 2. The average molecular weight is 645 g/mol. The highest BCUT2D eigenvalue weighted by atomic mass is 16.5. The van der Waals surface area contributed by atoms with Gasteiger partial charge in [0.05, 0.1) is 0 Å². The number of ether oxygens (including phenoxy) is 2. The molecule has 4 aromatic carbocycles. The minimum absolute atomic E-state index is 0.192. The number of hydrogen-bond donors (Lipinski definition) is 0. The quantitative estimate of drug-likeness (QED) is 0.127. The van der Waals surface area contributed by atoms with E-state index in [0.29, 0.717) is 24.3 Å². The number of carbonyl (C=O) groups is 2. The number of para-hydroxylation sites is 2. The SMILES string of the molecule is O=C(CCC1(CC2(CCC(=O)Oc3ccccc3)c3ccccc3C3=CC=CCC32)C2=C(CCC=C2)c2ccccc21)Oc1ccccc1. The minimum Gasteiger partial charge on any atom is -0.427 e. The van der Waals surface area contributed by atoms with Gasteiger partial charge in [0.2, 0.25) is 0 Å². The molecule has 8 rings (SSSR count). The number of rotatable bonds is 10. The molecule has 0 heterocycles. The summed E-state index contributed by atoms with van der Waals surface area (Å²) < 4.78 is 11.7. The monoisotopic (exact) mass is 644 g/mol. The molecule has 3 atom stereocenters. The van der Waals surface area contributed by atoms with Crippen molar-refractivity contribution in [3.8, 4) is 11.5 Å². The second kappa shape index (κ2) is 13.0. The van der Waals surface area contributed by atoms with Gasteiger partial charge in [-0.25, -0.2) is 0 Å². The summed E-state index contributed by atoms with van der Waals surface area (Å²) in [5.41, 5.74) is 8.35. The van der Waals surface area contributed by atoms with Gasteiger partial charge in [-0.3, -0.25) is 9.59 Å². The summed E-state index contributed by atoms with van der Waals surface area (Å²) in [4.78, 5) is 27.2. The summed E-state index contributed by atoms with van der Waals surface area (Å²) in [5, 5.41) is 0. The van der Waals surface area contributed by atoms with E-state index in [1.54, 1.807) is 0 Å². The Morgan fingerprint density at radius 3 is 2.00 bits per heavy atom. The van der Waals surface area contributed by atoms with Crippen molar-refractivity contribution in [2.45, 2.75) is 62.2 Å². The highest BCUT2D eigenvalue weighted by Crippen LogP contribution is 2.64. The van der Waals surface area contributed by atoms with Gasteiger partial charge in [-0.05, 0) is 108 Å². The first-order valence-electron chi connectivity index (χ1n) is 17.6. The second-order valence-corrected chi connectivity index (χ2v) is 13.8. The van der Waals surface area contributed by atoms with Crippen LogP contribution < -0.4 is 9.47 Å². The van der Waals surface area contributed by atoms with Gasteiger partial charge in [0.25, 0.3) is 0 Å². The molecule has 244 valence electrons. The lowest BCUT2D eigenvalue weighted by Crippen LogP contribution is -2.42. The molecule has 4 aliphatic rings. The summed E-state index contributed by atoms with van der Waals surface area (Å²) >= 11 is 0. The maximum Gasteiger partial charge on any atom is 0.311 e. The zero-order valence-corrected chi connectivity index (χ0v) is 27.6. The first kappa shape index (κ1) is 31.1. The first-order chi connectivity index (χ1) is 24.1. The van der Waals surface area contributed by atoms with Crippen LogP contribution in [0.15, 0.2) is 145 Å². The molecule has 0 amide bonds. The third-order valence-electron chi connectivity index (χ3n) is 11.2. The molecule has 4 aromatic rings. The zero-order valence-electron chi connectivity index (χ0n) is 27.6. The van der Waals surface area contributed by atoms with Gasteiger partial charge in [0.15, 0.2) is 0 Å². The molecule has 0 bridgehead atoms. The first-order valence-corrected chi connectivity index (χ1v) is 17.6. The normalized spacial score (nSPS) is 22.9. The van der Waals surface area contributed by atoms with Crippen LogP contribution in [-0.2, 0) is 20.4 Å². The van der Waals surface area contributed by atoms with Crippen molar-refractivity contribution in [2.75, 3.05) is 0 Å². The van der Waals surface area contributed by atoms with Crippen LogP contribution in [0.4, 0.5) is 0 Å². The Bertz CT molecular complexity index is 2020. The standard InChI is InChI=1S/C45H40O4/c46-42(48-32-15-3-1-4-16-32)27-29-44(38-23-11-7-19-34(38)35-20-8-12-24-39(35)44)31-45(30-28-43(47)49-33-17-5-2-6-18-33)40-25-13-9-21-36(40)37-22-10-14-26-41(37)45/h1-9,11-21,23,25-26,39H,10,22,24,27-31H2. The lowest BCUT2D eigenvalue weighted by molar-refractivity contribution is -0.135. The highest BCUT2D eigenvalue weighted by Gasteiger charge is 2.56. The van der Waals surface area contributed by atoms with E-state index in [2.05, 4.69) is 78.9 Å². The van der Waals surface area contributed by atoms with E-state index in [0.717, 1.165) is 25.7 Å². The summed E-state index contributed by atoms with van der Waals surface area (Å²) in [5.74, 6) is 0.863. The maximum absolute atomic E-state index is 13.6. The summed E-state index contributed by atoms with van der Waals surface area (Å²) in [7, 11) is 0. The Hall–Kier alpha value is -5.22. The van der Waals surface area contributed by atoms with Crippen molar-refractivity contribution >= 4 is 23.1 Å². The lowest BCUT2D eigenvalue weighted by atomic mass is 9.57. The molecular weight excluding hydrogens is 604 g/mol. The van der Waals surface area contributed by atoms with Crippen LogP contribution in [0, 0.1) is 5.92 Å². The minimum atomic E-state index is -0.453. The van der Waals surface area contributed by atoms with E-state index >= 15 is 0 Å². The Morgan fingerprint density at radius 1 is 0.673 bits per heavy atom. The van der Waals surface area contributed by atoms with E-state index < -0.39 is 5.41 Å². The van der Waals surface area contributed by atoms with Crippen molar-refractivity contribution in [1.29, 1.82) is 0 Å². The summed E-state index contributed by atoms with van der Waals surface area (Å²) in [6, 6.07) is 36.3. The largest absolute Gasteiger partial charge is 0.427 e. The summed E-state index contributed by atoms with van der Waals surface area (Å²) in [6.07, 6.45) is 16.8. The molecule has 4 aliphatic carbocycles. The van der Waals surface area contributed by atoms with Gasteiger partial charge in [-0.2, -0.15) is 0 Å². The topological polar surface area (TPSA) is 52.6 Å². The van der Waals surface area contributed by atoms with Crippen molar-refractivity contribution in [2.24, 2.45) is 5.92 Å². The van der Waals surface area contributed by atoms with Gasteiger partial charge in [-0.1, -0.05) is 115 Å². The maximum atomic E-state index is 13.6. The van der Waals surface area contributed by atoms with Crippen molar-refractivity contribution < 1.29 is 19.1 Å². The predicted molar refractivity (Wildman–Crippen MR) is 194 cm³/mol. The molecule has 0 aromatic heterocycles. The zero-order chi connectivity index (χ0) is 33.3. The Balaban J connectivity index is 1.23. The Morgan fingerprint density at radius 2 is 1.29 bits per heavy atom. The van der Waals surface area contributed by atoms with Gasteiger partial charge < -0.3 is 9.47 Å². The van der Waals surface area contributed by atoms with Crippen LogP contribution >= 0.6 is 0 Å². The molecule has 0 fully saturated rings. The smallest absolute Gasteiger partial charge is 0.311 e. The van der Waals surface area contributed by atoms with Crippen LogP contribution in [0.3, 0.4) is 0 Å². The van der Waals surface area contributed by atoms with E-state index in [1.807, 2.05) is 60.7 Å². The Kier molecular flexibility index (Phi) is 8.25. The fourth-order valence-electron chi connectivity index (χ4n) is 9.17. The van der Waals surface area contributed by atoms with Gasteiger partial charge in [0, 0.05) is 23.7 Å². The van der Waals surface area contributed by atoms with E-state index in [9.17, 15) is 9.59 Å². The third kappa shape index (κ3) is 5.59. The molecule has 4 nitrogen and oxygen atoms in total. The van der Waals surface area contributed by atoms with E-state index in [-0.39, 0.29) is 36.1 Å². The lowest BCUT2D eigenvalue weighted by Gasteiger charge is -2.46.